The predicted octanol–water partition coefficient (Wildman–Crippen LogP) is 3.07. The Morgan fingerprint density at radius 3 is 2.65 bits per heavy atom. The van der Waals surface area contributed by atoms with Crippen molar-refractivity contribution >= 4 is 18.3 Å². The van der Waals surface area contributed by atoms with Gasteiger partial charge in [-0.3, -0.25) is 9.48 Å². The number of amides is 1. The van der Waals surface area contributed by atoms with Gasteiger partial charge < -0.3 is 10.2 Å². The number of benzene rings is 1. The fourth-order valence-corrected chi connectivity index (χ4v) is 3.72. The smallest absolute Gasteiger partial charge is 0.274 e. The van der Waals surface area contributed by atoms with Crippen molar-refractivity contribution in [1.29, 1.82) is 0 Å². The van der Waals surface area contributed by atoms with Crippen LogP contribution in [-0.2, 0) is 13.5 Å². The number of halogens is 1. The van der Waals surface area contributed by atoms with Crippen LogP contribution in [0.4, 0.5) is 0 Å². The summed E-state index contributed by atoms with van der Waals surface area (Å²) in [4.78, 5) is 15.1. The van der Waals surface area contributed by atoms with Crippen molar-refractivity contribution in [3.63, 3.8) is 0 Å². The maximum absolute atomic E-state index is 13.1. The van der Waals surface area contributed by atoms with Gasteiger partial charge in [-0.05, 0) is 36.5 Å². The second-order valence-electron chi connectivity index (χ2n) is 7.17. The molecule has 2 fully saturated rings. The fourth-order valence-electron chi connectivity index (χ4n) is 3.72. The van der Waals surface area contributed by atoms with E-state index in [9.17, 15) is 4.79 Å². The zero-order valence-corrected chi connectivity index (χ0v) is 16.3. The second-order valence-corrected chi connectivity index (χ2v) is 7.17. The van der Waals surface area contributed by atoms with Crippen LogP contribution in [0.3, 0.4) is 0 Å². The summed E-state index contributed by atoms with van der Waals surface area (Å²) < 4.78 is 1.89. The molecule has 0 bridgehead atoms. The lowest BCUT2D eigenvalue weighted by Gasteiger charge is -2.36. The van der Waals surface area contributed by atoms with Crippen LogP contribution in [0.2, 0.25) is 0 Å². The highest BCUT2D eigenvalue weighted by Crippen LogP contribution is 2.40. The summed E-state index contributed by atoms with van der Waals surface area (Å²) in [5.41, 5.74) is 4.30. The number of aromatic nitrogens is 2. The molecule has 1 N–H and O–H groups in total. The molecule has 140 valence electrons. The van der Waals surface area contributed by atoms with Gasteiger partial charge in [0.05, 0.1) is 6.04 Å². The van der Waals surface area contributed by atoms with E-state index < -0.39 is 0 Å². The molecule has 4 rings (SSSR count). The Morgan fingerprint density at radius 2 is 2.00 bits per heavy atom. The van der Waals surface area contributed by atoms with E-state index in [0.29, 0.717) is 18.2 Å². The monoisotopic (exact) mass is 374 g/mol. The molecule has 0 radical (unpaired) electrons. The Balaban J connectivity index is 0.00000196. The van der Waals surface area contributed by atoms with Gasteiger partial charge in [0, 0.05) is 38.3 Å². The zero-order valence-electron chi connectivity index (χ0n) is 15.4. The summed E-state index contributed by atoms with van der Waals surface area (Å²) in [6, 6.07) is 10.7. The highest BCUT2D eigenvalue weighted by molar-refractivity contribution is 5.93. The molecule has 5 nitrogen and oxygen atoms in total. The molecule has 2 heterocycles. The molecule has 1 aliphatic carbocycles. The standard InChI is InChI=1S/C20H26N4O.ClH/c1-3-14-4-6-16(7-5-14)19-13-21-10-11-24(19)20(25)17-12-18(15-8-9-15)23(2)22-17;/h4-7,12,15,19,21H,3,8-11,13H2,1-2H3;1H. The van der Waals surface area contributed by atoms with Gasteiger partial charge in [0.1, 0.15) is 0 Å². The van der Waals surface area contributed by atoms with Crippen molar-refractivity contribution in [2.24, 2.45) is 7.05 Å². The molecule has 0 spiro atoms. The third-order valence-corrected chi connectivity index (χ3v) is 5.41. The highest BCUT2D eigenvalue weighted by Gasteiger charge is 2.32. The molecule has 26 heavy (non-hydrogen) atoms. The van der Waals surface area contributed by atoms with Gasteiger partial charge >= 0.3 is 0 Å². The largest absolute Gasteiger partial charge is 0.328 e. The van der Waals surface area contributed by atoms with E-state index in [4.69, 9.17) is 0 Å². The maximum atomic E-state index is 13.1. The van der Waals surface area contributed by atoms with Crippen LogP contribution in [0, 0.1) is 0 Å². The van der Waals surface area contributed by atoms with E-state index >= 15 is 0 Å². The summed E-state index contributed by atoms with van der Waals surface area (Å²) >= 11 is 0. The van der Waals surface area contributed by atoms with Crippen molar-refractivity contribution in [2.45, 2.75) is 38.1 Å². The molecular formula is C20H27ClN4O. The van der Waals surface area contributed by atoms with Crippen molar-refractivity contribution in [3.05, 3.63) is 52.8 Å². The van der Waals surface area contributed by atoms with Crippen molar-refractivity contribution in [1.82, 2.24) is 20.0 Å². The number of rotatable bonds is 4. The molecular weight excluding hydrogens is 348 g/mol. The van der Waals surface area contributed by atoms with Gasteiger partial charge in [0.25, 0.3) is 5.91 Å². The van der Waals surface area contributed by atoms with Crippen LogP contribution >= 0.6 is 12.4 Å². The number of carbonyl (C=O) groups excluding carboxylic acids is 1. The normalized spacial score (nSPS) is 19.9. The first-order chi connectivity index (χ1) is 12.2. The summed E-state index contributed by atoms with van der Waals surface area (Å²) in [6.45, 7) is 4.50. The van der Waals surface area contributed by atoms with Crippen molar-refractivity contribution < 1.29 is 4.79 Å². The van der Waals surface area contributed by atoms with Crippen LogP contribution in [0.1, 0.15) is 59.0 Å². The first-order valence-electron chi connectivity index (χ1n) is 9.32. The Hall–Kier alpha value is -1.85. The second kappa shape index (κ2) is 7.80. The molecule has 1 atom stereocenters. The van der Waals surface area contributed by atoms with Crippen molar-refractivity contribution in [2.75, 3.05) is 19.6 Å². The average Bonchev–Trinajstić information content (AvgIpc) is 3.43. The van der Waals surface area contributed by atoms with Crippen LogP contribution < -0.4 is 5.32 Å². The minimum Gasteiger partial charge on any atom is -0.328 e. The molecule has 6 heteroatoms. The molecule has 1 saturated carbocycles. The minimum absolute atomic E-state index is 0. The third-order valence-electron chi connectivity index (χ3n) is 5.41. The van der Waals surface area contributed by atoms with E-state index in [2.05, 4.69) is 41.6 Å². The number of hydrogen-bond acceptors (Lipinski definition) is 3. The van der Waals surface area contributed by atoms with Crippen LogP contribution in [-0.4, -0.2) is 40.2 Å². The van der Waals surface area contributed by atoms with Gasteiger partial charge in [-0.15, -0.1) is 12.4 Å². The zero-order chi connectivity index (χ0) is 17.4. The molecule has 1 saturated heterocycles. The van der Waals surface area contributed by atoms with E-state index in [1.807, 2.05) is 22.7 Å². The quantitative estimate of drug-likeness (QED) is 0.894. The molecule has 1 unspecified atom stereocenters. The molecule has 1 amide bonds. The lowest BCUT2D eigenvalue weighted by molar-refractivity contribution is 0.0627. The number of nitrogens with zero attached hydrogens (tertiary/aromatic N) is 3. The van der Waals surface area contributed by atoms with Gasteiger partial charge in [-0.1, -0.05) is 31.2 Å². The van der Waals surface area contributed by atoms with E-state index in [1.165, 1.54) is 29.7 Å². The van der Waals surface area contributed by atoms with Crippen LogP contribution in [0.5, 0.6) is 0 Å². The first-order valence-corrected chi connectivity index (χ1v) is 9.32. The summed E-state index contributed by atoms with van der Waals surface area (Å²) in [6.07, 6.45) is 3.46. The topological polar surface area (TPSA) is 50.2 Å². The maximum Gasteiger partial charge on any atom is 0.274 e. The number of hydrogen-bond donors (Lipinski definition) is 1. The minimum atomic E-state index is 0. The SMILES string of the molecule is CCc1ccc(C2CNCCN2C(=O)c2cc(C3CC3)n(C)n2)cc1.Cl. The Morgan fingerprint density at radius 1 is 1.27 bits per heavy atom. The third kappa shape index (κ3) is 3.64. The van der Waals surface area contributed by atoms with Gasteiger partial charge in [0.15, 0.2) is 5.69 Å². The number of carbonyl (C=O) groups is 1. The Kier molecular flexibility index (Phi) is 5.68. The first kappa shape index (κ1) is 18.9. The predicted molar refractivity (Wildman–Crippen MR) is 105 cm³/mol. The van der Waals surface area contributed by atoms with Gasteiger partial charge in [0.2, 0.25) is 0 Å². The van der Waals surface area contributed by atoms with Gasteiger partial charge in [-0.2, -0.15) is 5.10 Å². The highest BCUT2D eigenvalue weighted by atomic mass is 35.5. The lowest BCUT2D eigenvalue weighted by Crippen LogP contribution is -2.48. The summed E-state index contributed by atoms with van der Waals surface area (Å²) in [5.74, 6) is 0.646. The summed E-state index contributed by atoms with van der Waals surface area (Å²) in [7, 11) is 1.95. The summed E-state index contributed by atoms with van der Waals surface area (Å²) in [5, 5.41) is 7.93. The fraction of sp³-hybridized carbons (Fsp3) is 0.500. The van der Waals surface area contributed by atoms with Crippen LogP contribution in [0.25, 0.3) is 0 Å². The van der Waals surface area contributed by atoms with Crippen molar-refractivity contribution in [3.8, 4) is 0 Å². The number of aryl methyl sites for hydroxylation is 2. The van der Waals surface area contributed by atoms with Gasteiger partial charge in [-0.25, -0.2) is 0 Å². The average molecular weight is 375 g/mol. The van der Waals surface area contributed by atoms with E-state index in [0.717, 1.165) is 19.5 Å². The molecule has 1 aromatic carbocycles. The Labute approximate surface area is 161 Å². The molecule has 2 aliphatic rings. The van der Waals surface area contributed by atoms with E-state index in [-0.39, 0.29) is 24.4 Å². The number of piperazine rings is 1. The molecule has 2 aromatic rings. The Bertz CT molecular complexity index is 767. The lowest BCUT2D eigenvalue weighted by atomic mass is 10.0. The van der Waals surface area contributed by atoms with E-state index in [1.54, 1.807) is 0 Å². The molecule has 1 aromatic heterocycles. The number of nitrogens with one attached hydrogen (secondary N) is 1. The van der Waals surface area contributed by atoms with Crippen LogP contribution in [0.15, 0.2) is 30.3 Å². The molecule has 1 aliphatic heterocycles.